The van der Waals surface area contributed by atoms with Crippen molar-refractivity contribution in [3.8, 4) is 11.5 Å². The van der Waals surface area contributed by atoms with E-state index in [1.54, 1.807) is 7.11 Å². The summed E-state index contributed by atoms with van der Waals surface area (Å²) in [6, 6.07) is 23.8. The van der Waals surface area contributed by atoms with E-state index in [0.717, 1.165) is 39.7 Å². The van der Waals surface area contributed by atoms with Gasteiger partial charge in [0.2, 0.25) is 0 Å². The van der Waals surface area contributed by atoms with Crippen molar-refractivity contribution in [1.29, 1.82) is 0 Å². The number of para-hydroxylation sites is 3. The quantitative estimate of drug-likeness (QED) is 0.515. The van der Waals surface area contributed by atoms with Gasteiger partial charge in [0.25, 0.3) is 0 Å². The lowest BCUT2D eigenvalue weighted by Crippen LogP contribution is -2.34. The number of hydrogen-bond acceptors (Lipinski definition) is 5. The molecule has 0 saturated heterocycles. The van der Waals surface area contributed by atoms with Crippen molar-refractivity contribution in [1.82, 2.24) is 0 Å². The minimum atomic E-state index is -0.339. The molecule has 2 aliphatic rings. The lowest BCUT2D eigenvalue weighted by molar-refractivity contribution is -0.122. The number of fused-ring (bicyclic) bond motifs is 2. The highest BCUT2D eigenvalue weighted by Crippen LogP contribution is 2.46. The fourth-order valence-corrected chi connectivity index (χ4v) is 4.85. The molecule has 1 heterocycles. The molecule has 5 nitrogen and oxygen atoms in total. The van der Waals surface area contributed by atoms with E-state index in [1.165, 1.54) is 0 Å². The van der Waals surface area contributed by atoms with Crippen LogP contribution in [-0.4, -0.2) is 19.5 Å². The Bertz CT molecular complexity index is 1190. The molecule has 3 unspecified atom stereocenters. The molecule has 0 fully saturated rings. The average Bonchev–Trinajstić information content (AvgIpc) is 3.01. The standard InChI is InChI=1S/C28H28N2O3/c1-3-33-26-11-7-4-8-21(26)28-27-24(29-22-9-5-6-10-23(22)30-28)16-19(17-25(27)31)18-12-14-20(32-2)15-13-18/h4-16,19,27-30H,3,17H2,1-2H3. The van der Waals surface area contributed by atoms with Gasteiger partial charge < -0.3 is 20.1 Å². The van der Waals surface area contributed by atoms with Gasteiger partial charge in [-0.2, -0.15) is 0 Å². The molecule has 0 bridgehead atoms. The van der Waals surface area contributed by atoms with Crippen LogP contribution in [0.2, 0.25) is 0 Å². The molecule has 0 aromatic heterocycles. The van der Waals surface area contributed by atoms with Crippen LogP contribution in [0.5, 0.6) is 11.5 Å². The molecule has 5 heteroatoms. The molecule has 1 aliphatic heterocycles. The monoisotopic (exact) mass is 440 g/mol. The zero-order valence-electron chi connectivity index (χ0n) is 18.9. The highest BCUT2D eigenvalue weighted by atomic mass is 16.5. The molecular weight excluding hydrogens is 412 g/mol. The third kappa shape index (κ3) is 4.07. The molecule has 0 amide bonds. The van der Waals surface area contributed by atoms with Gasteiger partial charge in [0.05, 0.1) is 37.1 Å². The highest BCUT2D eigenvalue weighted by molar-refractivity contribution is 5.90. The van der Waals surface area contributed by atoms with Crippen LogP contribution in [0.3, 0.4) is 0 Å². The summed E-state index contributed by atoms with van der Waals surface area (Å²) < 4.78 is 11.2. The van der Waals surface area contributed by atoms with Gasteiger partial charge in [0.15, 0.2) is 0 Å². The maximum Gasteiger partial charge on any atom is 0.145 e. The molecule has 0 spiro atoms. The summed E-state index contributed by atoms with van der Waals surface area (Å²) in [5, 5.41) is 7.23. The number of ketones is 1. The summed E-state index contributed by atoms with van der Waals surface area (Å²) in [7, 11) is 1.66. The summed E-state index contributed by atoms with van der Waals surface area (Å²) in [5.74, 6) is 1.49. The number of hydrogen-bond donors (Lipinski definition) is 2. The van der Waals surface area contributed by atoms with Crippen LogP contribution in [0, 0.1) is 5.92 Å². The molecule has 2 N–H and O–H groups in total. The van der Waals surface area contributed by atoms with Crippen molar-refractivity contribution < 1.29 is 14.3 Å². The first-order valence-electron chi connectivity index (χ1n) is 11.4. The first-order valence-corrected chi connectivity index (χ1v) is 11.4. The fourth-order valence-electron chi connectivity index (χ4n) is 4.85. The Kier molecular flexibility index (Phi) is 5.78. The van der Waals surface area contributed by atoms with E-state index >= 15 is 0 Å². The number of carbonyl (C=O) groups excluding carboxylic acids is 1. The maximum absolute atomic E-state index is 13.7. The minimum Gasteiger partial charge on any atom is -0.497 e. The number of rotatable bonds is 5. The van der Waals surface area contributed by atoms with Gasteiger partial charge in [-0.25, -0.2) is 0 Å². The van der Waals surface area contributed by atoms with Gasteiger partial charge in [-0.3, -0.25) is 4.79 Å². The van der Waals surface area contributed by atoms with E-state index in [-0.39, 0.29) is 23.7 Å². The van der Waals surface area contributed by atoms with Crippen molar-refractivity contribution in [2.75, 3.05) is 24.4 Å². The van der Waals surface area contributed by atoms with Crippen molar-refractivity contribution in [3.63, 3.8) is 0 Å². The number of allylic oxidation sites excluding steroid dienone is 1. The normalized spacial score (nSPS) is 21.5. The Balaban J connectivity index is 1.60. The number of benzene rings is 3. The number of ether oxygens (including phenoxy) is 2. The first kappa shape index (κ1) is 21.1. The van der Waals surface area contributed by atoms with Crippen LogP contribution in [0.25, 0.3) is 0 Å². The van der Waals surface area contributed by atoms with Crippen molar-refractivity contribution in [3.05, 3.63) is 95.7 Å². The van der Waals surface area contributed by atoms with Crippen molar-refractivity contribution >= 4 is 17.2 Å². The van der Waals surface area contributed by atoms with E-state index in [9.17, 15) is 4.79 Å². The predicted octanol–water partition coefficient (Wildman–Crippen LogP) is 5.93. The third-order valence-electron chi connectivity index (χ3n) is 6.43. The zero-order valence-corrected chi connectivity index (χ0v) is 18.9. The number of nitrogens with one attached hydrogen (secondary N) is 2. The van der Waals surface area contributed by atoms with Crippen molar-refractivity contribution in [2.24, 2.45) is 5.92 Å². The Morgan fingerprint density at radius 3 is 2.42 bits per heavy atom. The van der Waals surface area contributed by atoms with Crippen LogP contribution < -0.4 is 20.1 Å². The second kappa shape index (κ2) is 9.02. The molecule has 3 atom stereocenters. The van der Waals surface area contributed by atoms with E-state index < -0.39 is 0 Å². The Hall–Kier alpha value is -3.73. The van der Waals surface area contributed by atoms with Crippen molar-refractivity contribution in [2.45, 2.75) is 25.3 Å². The maximum atomic E-state index is 13.7. The smallest absolute Gasteiger partial charge is 0.145 e. The molecule has 3 aromatic rings. The largest absolute Gasteiger partial charge is 0.497 e. The predicted molar refractivity (Wildman–Crippen MR) is 131 cm³/mol. The lowest BCUT2D eigenvalue weighted by atomic mass is 9.76. The van der Waals surface area contributed by atoms with E-state index in [0.29, 0.717) is 13.0 Å². The lowest BCUT2D eigenvalue weighted by Gasteiger charge is -2.33. The first-order chi connectivity index (χ1) is 16.2. The van der Waals surface area contributed by atoms with Gasteiger partial charge in [0, 0.05) is 23.6 Å². The molecule has 5 rings (SSSR count). The number of methoxy groups -OCH3 is 1. The summed E-state index contributed by atoms with van der Waals surface area (Å²) in [5.41, 5.74) is 4.96. The minimum absolute atomic E-state index is 0.00945. The van der Waals surface area contributed by atoms with E-state index in [2.05, 4.69) is 22.8 Å². The Morgan fingerprint density at radius 2 is 1.67 bits per heavy atom. The topological polar surface area (TPSA) is 59.6 Å². The SMILES string of the molecule is CCOc1ccccc1C1Nc2ccccc2NC2=CC(c3ccc(OC)cc3)CC(=O)C21. The second-order valence-electron chi connectivity index (χ2n) is 8.41. The van der Waals surface area contributed by atoms with Gasteiger partial charge in [-0.15, -0.1) is 0 Å². The Morgan fingerprint density at radius 1 is 0.939 bits per heavy atom. The summed E-state index contributed by atoms with van der Waals surface area (Å²) in [6.45, 7) is 2.55. The molecular formula is C28H28N2O3. The summed E-state index contributed by atoms with van der Waals surface area (Å²) in [6.07, 6.45) is 2.67. The van der Waals surface area contributed by atoms with Crippen LogP contribution in [0.1, 0.15) is 36.4 Å². The van der Waals surface area contributed by atoms with Crippen LogP contribution >= 0.6 is 0 Å². The third-order valence-corrected chi connectivity index (χ3v) is 6.43. The summed E-state index contributed by atoms with van der Waals surface area (Å²) in [4.78, 5) is 13.7. The second-order valence-corrected chi connectivity index (χ2v) is 8.41. The number of anilines is 2. The number of carbonyl (C=O) groups is 1. The molecule has 168 valence electrons. The average molecular weight is 441 g/mol. The molecule has 1 aliphatic carbocycles. The van der Waals surface area contributed by atoms with E-state index in [1.807, 2.05) is 73.7 Å². The molecule has 0 saturated carbocycles. The molecule has 0 radical (unpaired) electrons. The van der Waals surface area contributed by atoms with Gasteiger partial charge in [0.1, 0.15) is 17.3 Å². The zero-order chi connectivity index (χ0) is 22.8. The van der Waals surface area contributed by atoms with E-state index in [4.69, 9.17) is 9.47 Å². The van der Waals surface area contributed by atoms with Crippen LogP contribution in [0.4, 0.5) is 11.4 Å². The Labute approximate surface area is 194 Å². The number of Topliss-reactive ketones (excluding diaryl/α,β-unsaturated/α-hetero) is 1. The fraction of sp³-hybridized carbons (Fsp3) is 0.250. The molecule has 33 heavy (non-hydrogen) atoms. The van der Waals surface area contributed by atoms with Gasteiger partial charge >= 0.3 is 0 Å². The molecule has 3 aromatic carbocycles. The van der Waals surface area contributed by atoms with Gasteiger partial charge in [-0.05, 0) is 42.8 Å². The highest BCUT2D eigenvalue weighted by Gasteiger charge is 2.40. The van der Waals surface area contributed by atoms with Crippen LogP contribution in [-0.2, 0) is 4.79 Å². The van der Waals surface area contributed by atoms with Crippen LogP contribution in [0.15, 0.2) is 84.6 Å². The summed E-state index contributed by atoms with van der Waals surface area (Å²) >= 11 is 0. The van der Waals surface area contributed by atoms with Gasteiger partial charge in [-0.1, -0.05) is 48.5 Å².